The summed E-state index contributed by atoms with van der Waals surface area (Å²) in [7, 11) is -4.29. The van der Waals surface area contributed by atoms with Gasteiger partial charge in [-0.3, -0.25) is 14.4 Å². The van der Waals surface area contributed by atoms with E-state index in [-0.39, 0.29) is 45.3 Å². The van der Waals surface area contributed by atoms with Crippen LogP contribution in [-0.2, 0) is 14.8 Å². The van der Waals surface area contributed by atoms with Gasteiger partial charge in [-0.05, 0) is 66.7 Å². The Bertz CT molecular complexity index is 1780. The molecule has 13 heteroatoms. The maximum atomic E-state index is 13.7. The van der Waals surface area contributed by atoms with Crippen LogP contribution in [-0.4, -0.2) is 68.7 Å². The Labute approximate surface area is 270 Å². The number of carbonyl (C=O) groups excluding carboxylic acids is 3. The Kier molecular flexibility index (Phi) is 9.92. The summed E-state index contributed by atoms with van der Waals surface area (Å²) < 4.78 is 28.1. The average molecular weight is 668 g/mol. The topological polar surface area (TPSA) is 116 Å². The molecule has 1 fully saturated rings. The van der Waals surface area contributed by atoms with Gasteiger partial charge in [-0.2, -0.15) is 8.42 Å². The van der Waals surface area contributed by atoms with Gasteiger partial charge >= 0.3 is 0 Å². The quantitative estimate of drug-likeness (QED) is 0.254. The van der Waals surface area contributed by atoms with Gasteiger partial charge in [-0.15, -0.1) is 0 Å². The predicted octanol–water partition coefficient (Wildman–Crippen LogP) is 4.90. The molecule has 0 saturated carbocycles. The highest BCUT2D eigenvalue weighted by atomic mass is 35.5. The van der Waals surface area contributed by atoms with E-state index < -0.39 is 15.9 Å². The molecule has 1 heterocycles. The molecule has 0 bridgehead atoms. The third-order valence-corrected chi connectivity index (χ3v) is 9.14. The van der Waals surface area contributed by atoms with Crippen molar-refractivity contribution >= 4 is 56.6 Å². The van der Waals surface area contributed by atoms with Crippen molar-refractivity contribution in [3.8, 4) is 5.75 Å². The van der Waals surface area contributed by atoms with Crippen LogP contribution in [0, 0.1) is 0 Å². The lowest BCUT2D eigenvalue weighted by Crippen LogP contribution is -2.52. The maximum Gasteiger partial charge on any atom is 0.295 e. The first-order chi connectivity index (χ1) is 21.6. The van der Waals surface area contributed by atoms with Crippen LogP contribution < -0.4 is 14.6 Å². The molecule has 232 valence electrons. The normalized spacial score (nSPS) is 13.2. The molecule has 1 aliphatic rings. The van der Waals surface area contributed by atoms with Crippen LogP contribution in [0.1, 0.15) is 20.7 Å². The fraction of sp³-hybridized carbons (Fsp3) is 0.156. The zero-order chi connectivity index (χ0) is 32.0. The SMILES string of the molecule is O=C(NCC(=O)N1CCN(C(=O)c2ccccc2)CC1)c1ccc(S(=O)(=O)N(Oc2ccc(Cl)cc2Cl)c2ccccc2)cc1. The molecule has 0 aliphatic carbocycles. The minimum absolute atomic E-state index is 0.0679. The van der Waals surface area contributed by atoms with Crippen molar-refractivity contribution in [1.82, 2.24) is 15.1 Å². The molecule has 10 nitrogen and oxygen atoms in total. The van der Waals surface area contributed by atoms with Crippen LogP contribution in [0.2, 0.25) is 10.0 Å². The van der Waals surface area contributed by atoms with Gasteiger partial charge in [0.05, 0.1) is 22.2 Å². The maximum absolute atomic E-state index is 13.7. The number of para-hydroxylation sites is 1. The minimum atomic E-state index is -4.29. The lowest BCUT2D eigenvalue weighted by molar-refractivity contribution is -0.131. The monoisotopic (exact) mass is 666 g/mol. The summed E-state index contributed by atoms with van der Waals surface area (Å²) in [6.07, 6.45) is 0. The molecule has 5 rings (SSSR count). The van der Waals surface area contributed by atoms with Crippen molar-refractivity contribution in [2.24, 2.45) is 0 Å². The van der Waals surface area contributed by atoms with Gasteiger partial charge in [0, 0.05) is 42.3 Å². The highest BCUT2D eigenvalue weighted by Crippen LogP contribution is 2.32. The van der Waals surface area contributed by atoms with Gasteiger partial charge in [0.1, 0.15) is 0 Å². The molecule has 0 aromatic heterocycles. The number of anilines is 1. The lowest BCUT2D eigenvalue weighted by Gasteiger charge is -2.34. The Morgan fingerprint density at radius 2 is 1.36 bits per heavy atom. The number of hydrogen-bond donors (Lipinski definition) is 1. The summed E-state index contributed by atoms with van der Waals surface area (Å²) in [6.45, 7) is 1.22. The number of benzene rings is 4. The lowest BCUT2D eigenvalue weighted by atomic mass is 10.2. The summed E-state index contributed by atoms with van der Waals surface area (Å²) in [5, 5.41) is 3.06. The zero-order valence-corrected chi connectivity index (χ0v) is 26.1. The largest absolute Gasteiger partial charge is 0.363 e. The van der Waals surface area contributed by atoms with E-state index in [4.69, 9.17) is 28.0 Å². The summed E-state index contributed by atoms with van der Waals surface area (Å²) in [5.74, 6) is -0.854. The molecule has 1 saturated heterocycles. The third kappa shape index (κ3) is 7.56. The molecular formula is C32H28Cl2N4O6S. The van der Waals surface area contributed by atoms with Gasteiger partial charge in [0.15, 0.2) is 5.75 Å². The second kappa shape index (κ2) is 14.0. The number of amides is 3. The van der Waals surface area contributed by atoms with Crippen LogP contribution in [0.25, 0.3) is 0 Å². The van der Waals surface area contributed by atoms with Crippen molar-refractivity contribution in [3.63, 3.8) is 0 Å². The van der Waals surface area contributed by atoms with E-state index in [9.17, 15) is 22.8 Å². The predicted molar refractivity (Wildman–Crippen MR) is 171 cm³/mol. The second-order valence-corrected chi connectivity index (χ2v) is 12.6. The van der Waals surface area contributed by atoms with E-state index >= 15 is 0 Å². The van der Waals surface area contributed by atoms with Crippen LogP contribution in [0.5, 0.6) is 5.75 Å². The van der Waals surface area contributed by atoms with Gasteiger partial charge in [-0.1, -0.05) is 64.1 Å². The average Bonchev–Trinajstić information content (AvgIpc) is 3.07. The van der Waals surface area contributed by atoms with Crippen LogP contribution in [0.3, 0.4) is 0 Å². The molecular weight excluding hydrogens is 639 g/mol. The van der Waals surface area contributed by atoms with E-state index in [0.29, 0.717) is 36.8 Å². The Hall–Kier alpha value is -4.58. The summed E-state index contributed by atoms with van der Waals surface area (Å²) >= 11 is 12.2. The molecule has 4 aromatic rings. The number of nitrogens with one attached hydrogen (secondary N) is 1. The van der Waals surface area contributed by atoms with Gasteiger partial charge < -0.3 is 20.0 Å². The smallest absolute Gasteiger partial charge is 0.295 e. The van der Waals surface area contributed by atoms with Crippen molar-refractivity contribution in [2.75, 3.05) is 37.2 Å². The first-order valence-electron chi connectivity index (χ1n) is 13.9. The molecule has 0 spiro atoms. The first kappa shape index (κ1) is 31.8. The van der Waals surface area contributed by atoms with Crippen molar-refractivity contribution in [2.45, 2.75) is 4.90 Å². The fourth-order valence-corrected chi connectivity index (χ4v) is 6.29. The molecule has 0 atom stereocenters. The highest BCUT2D eigenvalue weighted by Gasteiger charge is 2.29. The van der Waals surface area contributed by atoms with E-state index in [0.717, 1.165) is 4.47 Å². The fourth-order valence-electron chi connectivity index (χ4n) is 4.59. The number of piperazine rings is 1. The number of halogens is 2. The molecule has 0 unspecified atom stereocenters. The highest BCUT2D eigenvalue weighted by molar-refractivity contribution is 7.92. The van der Waals surface area contributed by atoms with E-state index in [1.807, 2.05) is 6.07 Å². The number of rotatable bonds is 9. The Morgan fingerprint density at radius 1 is 0.756 bits per heavy atom. The van der Waals surface area contributed by atoms with Crippen molar-refractivity contribution in [1.29, 1.82) is 0 Å². The van der Waals surface area contributed by atoms with E-state index in [1.165, 1.54) is 42.5 Å². The van der Waals surface area contributed by atoms with E-state index in [2.05, 4.69) is 5.32 Å². The van der Waals surface area contributed by atoms with Gasteiger partial charge in [-0.25, -0.2) is 0 Å². The number of carbonyl (C=O) groups is 3. The zero-order valence-electron chi connectivity index (χ0n) is 23.8. The molecule has 45 heavy (non-hydrogen) atoms. The summed E-state index contributed by atoms with van der Waals surface area (Å²) in [6, 6.07) is 26.7. The number of hydrogen-bond acceptors (Lipinski definition) is 6. The molecule has 4 aromatic carbocycles. The summed E-state index contributed by atoms with van der Waals surface area (Å²) in [4.78, 5) is 47.1. The first-order valence-corrected chi connectivity index (χ1v) is 16.1. The van der Waals surface area contributed by atoms with Gasteiger partial charge in [0.2, 0.25) is 5.91 Å². The minimum Gasteiger partial charge on any atom is -0.363 e. The molecule has 1 aliphatic heterocycles. The number of nitrogens with zero attached hydrogens (tertiary/aromatic N) is 3. The molecule has 0 radical (unpaired) electrons. The van der Waals surface area contributed by atoms with E-state index in [1.54, 1.807) is 64.4 Å². The molecule has 1 N–H and O–H groups in total. The third-order valence-electron chi connectivity index (χ3n) is 7.02. The van der Waals surface area contributed by atoms with Crippen molar-refractivity contribution in [3.05, 3.63) is 124 Å². The van der Waals surface area contributed by atoms with Crippen LogP contribution >= 0.6 is 23.2 Å². The number of sulfonamides is 1. The van der Waals surface area contributed by atoms with Crippen LogP contribution in [0.15, 0.2) is 108 Å². The standard InChI is InChI=1S/C32H28Cl2N4O6S/c33-25-13-16-29(28(34)21-25)44-38(26-9-5-2-6-10-26)45(42,43)27-14-11-23(12-15-27)31(40)35-22-30(39)36-17-19-37(20-18-36)32(41)24-7-3-1-4-8-24/h1-16,21H,17-20,22H2,(H,35,40). The Balaban J connectivity index is 1.20. The van der Waals surface area contributed by atoms with Crippen molar-refractivity contribution < 1.29 is 27.6 Å². The summed E-state index contributed by atoms with van der Waals surface area (Å²) in [5.41, 5.74) is 0.969. The Morgan fingerprint density at radius 3 is 1.98 bits per heavy atom. The van der Waals surface area contributed by atoms with Gasteiger partial charge in [0.25, 0.3) is 21.8 Å². The van der Waals surface area contributed by atoms with Crippen LogP contribution in [0.4, 0.5) is 5.69 Å². The second-order valence-electron chi connectivity index (χ2n) is 9.98. The molecule has 3 amide bonds.